The predicted molar refractivity (Wildman–Crippen MR) is 88.2 cm³/mol. The van der Waals surface area contributed by atoms with E-state index >= 15 is 0 Å². The van der Waals surface area contributed by atoms with Gasteiger partial charge in [0.2, 0.25) is 0 Å². The van der Waals surface area contributed by atoms with E-state index in [1.165, 1.54) is 0 Å². The van der Waals surface area contributed by atoms with Gasteiger partial charge in [-0.25, -0.2) is 0 Å². The van der Waals surface area contributed by atoms with E-state index in [2.05, 4.69) is 35.8 Å². The third kappa shape index (κ3) is 2.94. The third-order valence-electron chi connectivity index (χ3n) is 4.01. The van der Waals surface area contributed by atoms with Gasteiger partial charge >= 0.3 is 0 Å². The lowest BCUT2D eigenvalue weighted by molar-refractivity contribution is 0.199. The minimum atomic E-state index is 0.163. The molecular weight excluding hydrogens is 268 g/mol. The summed E-state index contributed by atoms with van der Waals surface area (Å²) in [6, 6.07) is 6.72. The van der Waals surface area contributed by atoms with Gasteiger partial charge < -0.3 is 10.6 Å². The van der Waals surface area contributed by atoms with Crippen LogP contribution in [0.5, 0.6) is 0 Å². The fourth-order valence-corrected chi connectivity index (χ4v) is 3.54. The molecule has 1 fully saturated rings. The number of likely N-dealkylation sites (N-methyl/N-ethyl adjacent to an activating group) is 1. The van der Waals surface area contributed by atoms with Crippen LogP contribution >= 0.6 is 11.8 Å². The zero-order valence-corrected chi connectivity index (χ0v) is 13.3. The molecule has 0 aromatic heterocycles. The Morgan fingerprint density at radius 3 is 2.75 bits per heavy atom. The van der Waals surface area contributed by atoms with Crippen molar-refractivity contribution in [3.63, 3.8) is 0 Å². The summed E-state index contributed by atoms with van der Waals surface area (Å²) >= 11 is 1.65. The molecule has 110 valence electrons. The van der Waals surface area contributed by atoms with Crippen LogP contribution in [-0.2, 0) is 0 Å². The molecule has 4 nitrogen and oxygen atoms in total. The number of hydrogen-bond donors (Lipinski definition) is 2. The normalized spacial score (nSPS) is 20.1. The molecule has 1 unspecified atom stereocenters. The number of nitrogens with one attached hydrogen (secondary N) is 1. The topological polar surface area (TPSA) is 56.4 Å². The highest BCUT2D eigenvalue weighted by Crippen LogP contribution is 2.30. The number of piperazine rings is 1. The Kier molecular flexibility index (Phi) is 4.94. The first-order valence-electron chi connectivity index (χ1n) is 7.08. The van der Waals surface area contributed by atoms with Gasteiger partial charge in [-0.2, -0.15) is 0 Å². The lowest BCUT2D eigenvalue weighted by atomic mass is 10.1. The maximum Gasteiger partial charge on any atom is 0.126 e. The Morgan fingerprint density at radius 1 is 1.45 bits per heavy atom. The zero-order valence-electron chi connectivity index (χ0n) is 12.5. The molecule has 1 saturated heterocycles. The summed E-state index contributed by atoms with van der Waals surface area (Å²) in [4.78, 5) is 5.94. The molecule has 0 spiro atoms. The van der Waals surface area contributed by atoms with Crippen molar-refractivity contribution >= 4 is 23.3 Å². The van der Waals surface area contributed by atoms with Gasteiger partial charge in [0.15, 0.2) is 0 Å². The third-order valence-corrected chi connectivity index (χ3v) is 4.79. The second kappa shape index (κ2) is 6.50. The smallest absolute Gasteiger partial charge is 0.126 e. The van der Waals surface area contributed by atoms with E-state index in [1.807, 2.05) is 12.3 Å². The van der Waals surface area contributed by atoms with Gasteiger partial charge in [-0.05, 0) is 31.9 Å². The van der Waals surface area contributed by atoms with Crippen LogP contribution in [0.3, 0.4) is 0 Å². The van der Waals surface area contributed by atoms with Crippen molar-refractivity contribution in [2.75, 3.05) is 37.3 Å². The maximum atomic E-state index is 7.89. The SMILES string of the molecule is CCN1CCN(c2cccc(SC)c2C(=N)N)CC1C. The van der Waals surface area contributed by atoms with E-state index in [-0.39, 0.29) is 5.84 Å². The van der Waals surface area contributed by atoms with Crippen LogP contribution in [0.15, 0.2) is 23.1 Å². The molecule has 1 aromatic carbocycles. The highest BCUT2D eigenvalue weighted by Gasteiger charge is 2.25. The Hall–Kier alpha value is -1.20. The first-order chi connectivity index (χ1) is 9.58. The summed E-state index contributed by atoms with van der Waals surface area (Å²) in [5.74, 6) is 0.163. The van der Waals surface area contributed by atoms with Crippen molar-refractivity contribution in [1.82, 2.24) is 4.90 Å². The fourth-order valence-electron chi connectivity index (χ4n) is 2.91. The van der Waals surface area contributed by atoms with Gasteiger partial charge in [0.1, 0.15) is 5.84 Å². The largest absolute Gasteiger partial charge is 0.384 e. The van der Waals surface area contributed by atoms with Gasteiger partial charge in [-0.1, -0.05) is 13.0 Å². The van der Waals surface area contributed by atoms with Crippen LogP contribution in [0.1, 0.15) is 19.4 Å². The Bertz CT molecular complexity index is 489. The van der Waals surface area contributed by atoms with Crippen LogP contribution < -0.4 is 10.6 Å². The number of anilines is 1. The lowest BCUT2D eigenvalue weighted by Crippen LogP contribution is -2.52. The zero-order chi connectivity index (χ0) is 14.7. The van der Waals surface area contributed by atoms with Crippen LogP contribution in [0.2, 0.25) is 0 Å². The van der Waals surface area contributed by atoms with E-state index in [9.17, 15) is 0 Å². The molecule has 3 N–H and O–H groups in total. The molecule has 0 bridgehead atoms. The number of rotatable bonds is 4. The van der Waals surface area contributed by atoms with E-state index < -0.39 is 0 Å². The Balaban J connectivity index is 2.31. The van der Waals surface area contributed by atoms with Gasteiger partial charge in [-0.3, -0.25) is 10.3 Å². The van der Waals surface area contributed by atoms with E-state index in [4.69, 9.17) is 11.1 Å². The first-order valence-corrected chi connectivity index (χ1v) is 8.31. The van der Waals surface area contributed by atoms with Crippen molar-refractivity contribution in [2.45, 2.75) is 24.8 Å². The molecule has 20 heavy (non-hydrogen) atoms. The van der Waals surface area contributed by atoms with Gasteiger partial charge in [0, 0.05) is 36.3 Å². The number of nitrogens with zero attached hydrogens (tertiary/aromatic N) is 2. The highest BCUT2D eigenvalue weighted by atomic mass is 32.2. The summed E-state index contributed by atoms with van der Waals surface area (Å²) in [5, 5.41) is 7.89. The van der Waals surface area contributed by atoms with Gasteiger partial charge in [0.05, 0.1) is 5.56 Å². The molecule has 5 heteroatoms. The number of nitrogens with two attached hydrogens (primary N) is 1. The van der Waals surface area contributed by atoms with Gasteiger partial charge in [-0.15, -0.1) is 11.8 Å². The van der Waals surface area contributed by atoms with Crippen molar-refractivity contribution in [3.05, 3.63) is 23.8 Å². The number of thioether (sulfide) groups is 1. The molecular formula is C15H24N4S. The second-order valence-electron chi connectivity index (χ2n) is 5.19. The van der Waals surface area contributed by atoms with Crippen molar-refractivity contribution in [2.24, 2.45) is 5.73 Å². The molecule has 1 heterocycles. The molecule has 0 amide bonds. The molecule has 2 rings (SSSR count). The molecule has 1 aliphatic heterocycles. The number of benzene rings is 1. The molecule has 1 aromatic rings. The molecule has 1 aliphatic rings. The Morgan fingerprint density at radius 2 is 2.20 bits per heavy atom. The monoisotopic (exact) mass is 292 g/mol. The molecule has 1 atom stereocenters. The van der Waals surface area contributed by atoms with E-state index in [1.54, 1.807) is 11.8 Å². The number of amidine groups is 1. The van der Waals surface area contributed by atoms with Crippen LogP contribution in [0, 0.1) is 5.41 Å². The van der Waals surface area contributed by atoms with Crippen LogP contribution in [0.4, 0.5) is 5.69 Å². The number of hydrogen-bond acceptors (Lipinski definition) is 4. The van der Waals surface area contributed by atoms with Gasteiger partial charge in [0.25, 0.3) is 0 Å². The van der Waals surface area contributed by atoms with Crippen molar-refractivity contribution in [1.29, 1.82) is 5.41 Å². The summed E-state index contributed by atoms with van der Waals surface area (Å²) in [5.41, 5.74) is 7.81. The second-order valence-corrected chi connectivity index (χ2v) is 6.04. The average molecular weight is 292 g/mol. The first kappa shape index (κ1) is 15.2. The summed E-state index contributed by atoms with van der Waals surface area (Å²) in [6.07, 6.45) is 2.03. The molecule has 0 radical (unpaired) electrons. The summed E-state index contributed by atoms with van der Waals surface area (Å²) < 4.78 is 0. The maximum absolute atomic E-state index is 7.89. The van der Waals surface area contributed by atoms with Crippen LogP contribution in [0.25, 0.3) is 0 Å². The highest BCUT2D eigenvalue weighted by molar-refractivity contribution is 7.98. The minimum Gasteiger partial charge on any atom is -0.384 e. The quantitative estimate of drug-likeness (QED) is 0.507. The average Bonchev–Trinajstić information content (AvgIpc) is 2.46. The number of nitrogen functional groups attached to an aromatic ring is 1. The standard InChI is InChI=1S/C15H24N4S/c1-4-18-8-9-19(10-11(18)2)12-6-5-7-13(20-3)14(12)15(16)17/h5-7,11H,4,8-10H2,1-3H3,(H3,16,17). The van der Waals surface area contributed by atoms with E-state index in [0.29, 0.717) is 6.04 Å². The minimum absolute atomic E-state index is 0.163. The fraction of sp³-hybridized carbons (Fsp3) is 0.533. The van der Waals surface area contributed by atoms with Crippen molar-refractivity contribution < 1.29 is 0 Å². The summed E-state index contributed by atoms with van der Waals surface area (Å²) in [7, 11) is 0. The van der Waals surface area contributed by atoms with Crippen molar-refractivity contribution in [3.8, 4) is 0 Å². The lowest BCUT2D eigenvalue weighted by Gasteiger charge is -2.41. The predicted octanol–water partition coefficient (Wildman–Crippen LogP) is 2.22. The molecule has 0 saturated carbocycles. The molecule has 0 aliphatic carbocycles. The Labute approximate surface area is 125 Å². The van der Waals surface area contributed by atoms with Crippen LogP contribution in [-0.4, -0.2) is 49.2 Å². The summed E-state index contributed by atoms with van der Waals surface area (Å²) in [6.45, 7) is 8.63. The van der Waals surface area contributed by atoms with E-state index in [0.717, 1.165) is 42.3 Å².